The van der Waals surface area contributed by atoms with Crippen LogP contribution in [0, 0.1) is 0 Å². The second kappa shape index (κ2) is 5.52. The van der Waals surface area contributed by atoms with Crippen molar-refractivity contribution in [2.45, 2.75) is 19.4 Å². The molecule has 2 amide bonds. The van der Waals surface area contributed by atoms with Crippen molar-refractivity contribution in [3.05, 3.63) is 22.8 Å². The summed E-state index contributed by atoms with van der Waals surface area (Å²) in [6, 6.07) is 0. The number of aryl methyl sites for hydroxylation is 1. The maximum absolute atomic E-state index is 12.2. The number of anilines is 1. The SMILES string of the molecule is NC(=O)Cc1csc(NC(=O)c2cnn3c2OCCC3)n1. The van der Waals surface area contributed by atoms with E-state index in [1.54, 1.807) is 10.1 Å². The fourth-order valence-corrected chi connectivity index (χ4v) is 2.72. The van der Waals surface area contributed by atoms with Crippen LogP contribution < -0.4 is 15.8 Å². The summed E-state index contributed by atoms with van der Waals surface area (Å²) >= 11 is 1.24. The van der Waals surface area contributed by atoms with Gasteiger partial charge >= 0.3 is 0 Å². The van der Waals surface area contributed by atoms with E-state index in [2.05, 4.69) is 15.4 Å². The molecular weight excluding hydrogens is 294 g/mol. The number of thiazole rings is 1. The molecule has 0 saturated carbocycles. The average Bonchev–Trinajstić information content (AvgIpc) is 3.04. The number of carbonyl (C=O) groups is 2. The highest BCUT2D eigenvalue weighted by molar-refractivity contribution is 7.14. The van der Waals surface area contributed by atoms with E-state index >= 15 is 0 Å². The summed E-state index contributed by atoms with van der Waals surface area (Å²) in [5, 5.41) is 8.88. The van der Waals surface area contributed by atoms with Crippen molar-refractivity contribution < 1.29 is 14.3 Å². The van der Waals surface area contributed by atoms with Crippen LogP contribution in [0.1, 0.15) is 22.5 Å². The van der Waals surface area contributed by atoms with Gasteiger partial charge in [0.25, 0.3) is 5.91 Å². The summed E-state index contributed by atoms with van der Waals surface area (Å²) in [6.45, 7) is 1.31. The Morgan fingerprint density at radius 3 is 3.19 bits per heavy atom. The van der Waals surface area contributed by atoms with Crippen molar-refractivity contribution in [1.29, 1.82) is 0 Å². The molecule has 0 saturated heterocycles. The van der Waals surface area contributed by atoms with Gasteiger partial charge in [0, 0.05) is 18.3 Å². The second-order valence-corrected chi connectivity index (χ2v) is 5.39. The third kappa shape index (κ3) is 2.87. The summed E-state index contributed by atoms with van der Waals surface area (Å²) in [6.07, 6.45) is 2.41. The van der Waals surface area contributed by atoms with E-state index in [0.29, 0.717) is 28.9 Å². The zero-order chi connectivity index (χ0) is 14.8. The van der Waals surface area contributed by atoms with Crippen molar-refractivity contribution in [2.24, 2.45) is 5.73 Å². The number of nitrogens with zero attached hydrogens (tertiary/aromatic N) is 3. The summed E-state index contributed by atoms with van der Waals surface area (Å²) in [5.41, 5.74) is 6.01. The summed E-state index contributed by atoms with van der Waals surface area (Å²) < 4.78 is 7.14. The standard InChI is InChI=1S/C12H13N5O3S/c13-9(18)4-7-6-21-12(15-7)16-10(19)8-5-14-17-2-1-3-20-11(8)17/h5-6H,1-4H2,(H2,13,18)(H,15,16,19). The predicted octanol–water partition coefficient (Wildman–Crippen LogP) is 0.402. The monoisotopic (exact) mass is 307 g/mol. The molecule has 3 heterocycles. The van der Waals surface area contributed by atoms with Gasteiger partial charge in [0.1, 0.15) is 5.56 Å². The maximum atomic E-state index is 12.2. The number of aromatic nitrogens is 3. The second-order valence-electron chi connectivity index (χ2n) is 4.53. The van der Waals surface area contributed by atoms with Gasteiger partial charge in [0.2, 0.25) is 11.8 Å². The molecule has 0 fully saturated rings. The number of hydrogen-bond acceptors (Lipinski definition) is 6. The van der Waals surface area contributed by atoms with Crippen LogP contribution >= 0.6 is 11.3 Å². The molecule has 1 aliphatic rings. The molecule has 110 valence electrons. The summed E-state index contributed by atoms with van der Waals surface area (Å²) in [5.74, 6) is -0.317. The van der Waals surface area contributed by atoms with E-state index in [1.807, 2.05) is 0 Å². The molecule has 0 spiro atoms. The minimum Gasteiger partial charge on any atom is -0.477 e. The van der Waals surface area contributed by atoms with Crippen LogP contribution in [-0.4, -0.2) is 33.2 Å². The molecule has 21 heavy (non-hydrogen) atoms. The Morgan fingerprint density at radius 2 is 2.38 bits per heavy atom. The predicted molar refractivity (Wildman–Crippen MR) is 75.3 cm³/mol. The lowest BCUT2D eigenvalue weighted by atomic mass is 10.3. The molecule has 8 nitrogen and oxygen atoms in total. The van der Waals surface area contributed by atoms with Crippen molar-refractivity contribution >= 4 is 28.3 Å². The third-order valence-corrected chi connectivity index (χ3v) is 3.72. The maximum Gasteiger partial charge on any atom is 0.264 e. The molecule has 3 N–H and O–H groups in total. The number of amides is 2. The highest BCUT2D eigenvalue weighted by Crippen LogP contribution is 2.24. The van der Waals surface area contributed by atoms with Crippen molar-refractivity contribution in [2.75, 3.05) is 11.9 Å². The van der Waals surface area contributed by atoms with Gasteiger partial charge in [0.05, 0.1) is 24.9 Å². The molecule has 1 aliphatic heterocycles. The van der Waals surface area contributed by atoms with E-state index in [1.165, 1.54) is 17.5 Å². The quantitative estimate of drug-likeness (QED) is 0.849. The first kappa shape index (κ1) is 13.6. The third-order valence-electron chi connectivity index (χ3n) is 2.92. The van der Waals surface area contributed by atoms with E-state index in [-0.39, 0.29) is 12.3 Å². The average molecular weight is 307 g/mol. The fourth-order valence-electron chi connectivity index (χ4n) is 2.01. The number of fused-ring (bicyclic) bond motifs is 1. The molecule has 0 unspecified atom stereocenters. The highest BCUT2D eigenvalue weighted by atomic mass is 32.1. The van der Waals surface area contributed by atoms with Crippen LogP contribution in [-0.2, 0) is 17.8 Å². The molecule has 0 aliphatic carbocycles. The van der Waals surface area contributed by atoms with Crippen LogP contribution in [0.2, 0.25) is 0 Å². The Morgan fingerprint density at radius 1 is 1.52 bits per heavy atom. The van der Waals surface area contributed by atoms with Gasteiger partial charge in [-0.1, -0.05) is 0 Å². The van der Waals surface area contributed by atoms with E-state index < -0.39 is 5.91 Å². The molecule has 0 bridgehead atoms. The zero-order valence-electron chi connectivity index (χ0n) is 11.0. The Hall–Kier alpha value is -2.42. The number of nitrogens with one attached hydrogen (secondary N) is 1. The first-order chi connectivity index (χ1) is 10.1. The molecule has 2 aromatic rings. The molecule has 0 radical (unpaired) electrons. The van der Waals surface area contributed by atoms with Gasteiger partial charge < -0.3 is 10.5 Å². The number of carbonyl (C=O) groups excluding carboxylic acids is 2. The first-order valence-electron chi connectivity index (χ1n) is 6.36. The smallest absolute Gasteiger partial charge is 0.264 e. The first-order valence-corrected chi connectivity index (χ1v) is 7.24. The van der Waals surface area contributed by atoms with Gasteiger partial charge in [-0.05, 0) is 0 Å². The zero-order valence-corrected chi connectivity index (χ0v) is 11.9. The van der Waals surface area contributed by atoms with Gasteiger partial charge in [0.15, 0.2) is 5.13 Å². The molecule has 9 heteroatoms. The van der Waals surface area contributed by atoms with Crippen LogP contribution in [0.4, 0.5) is 5.13 Å². The number of rotatable bonds is 4. The molecule has 0 aromatic carbocycles. The summed E-state index contributed by atoms with van der Waals surface area (Å²) in [4.78, 5) is 27.2. The van der Waals surface area contributed by atoms with Crippen LogP contribution in [0.5, 0.6) is 5.88 Å². The Kier molecular flexibility index (Phi) is 3.57. The lowest BCUT2D eigenvalue weighted by Crippen LogP contribution is -2.18. The lowest BCUT2D eigenvalue weighted by Gasteiger charge is -2.15. The topological polar surface area (TPSA) is 112 Å². The fraction of sp³-hybridized carbons (Fsp3) is 0.333. The van der Waals surface area contributed by atoms with Gasteiger partial charge in [-0.25, -0.2) is 9.67 Å². The molecule has 2 aromatic heterocycles. The molecule has 0 atom stereocenters. The van der Waals surface area contributed by atoms with Crippen LogP contribution in [0.25, 0.3) is 0 Å². The van der Waals surface area contributed by atoms with Gasteiger partial charge in [-0.15, -0.1) is 11.3 Å². The number of primary amides is 1. The van der Waals surface area contributed by atoms with Crippen molar-refractivity contribution in [3.63, 3.8) is 0 Å². The van der Waals surface area contributed by atoms with Gasteiger partial charge in [-0.2, -0.15) is 5.10 Å². The van der Waals surface area contributed by atoms with Crippen LogP contribution in [0.3, 0.4) is 0 Å². The normalized spacial score (nSPS) is 13.3. The van der Waals surface area contributed by atoms with E-state index in [4.69, 9.17) is 10.5 Å². The lowest BCUT2D eigenvalue weighted by molar-refractivity contribution is -0.117. The minimum absolute atomic E-state index is 0.0542. The minimum atomic E-state index is -0.461. The van der Waals surface area contributed by atoms with E-state index in [9.17, 15) is 9.59 Å². The van der Waals surface area contributed by atoms with Gasteiger partial charge in [-0.3, -0.25) is 14.9 Å². The Balaban J connectivity index is 1.73. The number of ether oxygens (including phenoxy) is 1. The number of hydrogen-bond donors (Lipinski definition) is 2. The highest BCUT2D eigenvalue weighted by Gasteiger charge is 2.22. The Bertz CT molecular complexity index is 693. The molecular formula is C12H13N5O3S. The number of nitrogens with two attached hydrogens (primary N) is 1. The van der Waals surface area contributed by atoms with Crippen molar-refractivity contribution in [1.82, 2.24) is 14.8 Å². The summed E-state index contributed by atoms with van der Waals surface area (Å²) in [7, 11) is 0. The van der Waals surface area contributed by atoms with Crippen molar-refractivity contribution in [3.8, 4) is 5.88 Å². The Labute approximate surface area is 123 Å². The largest absolute Gasteiger partial charge is 0.477 e. The van der Waals surface area contributed by atoms with Crippen LogP contribution in [0.15, 0.2) is 11.6 Å². The molecule has 3 rings (SSSR count). The van der Waals surface area contributed by atoms with E-state index in [0.717, 1.165) is 13.0 Å².